The van der Waals surface area contributed by atoms with Gasteiger partial charge in [0.2, 0.25) is 5.91 Å². The van der Waals surface area contributed by atoms with Gasteiger partial charge in [0, 0.05) is 13.0 Å². The standard InChI is InChI=1S/C13H21NO5/c1-3-19-11(16)7-6-10(15)14-9-5-4-8-13(14,2)12(17)18/h3-9H2,1-2H3,(H,17,18). The van der Waals surface area contributed by atoms with Gasteiger partial charge >= 0.3 is 11.9 Å². The van der Waals surface area contributed by atoms with E-state index in [9.17, 15) is 19.5 Å². The van der Waals surface area contributed by atoms with Crippen molar-refractivity contribution in [2.24, 2.45) is 0 Å². The van der Waals surface area contributed by atoms with Crippen molar-refractivity contribution in [3.8, 4) is 0 Å². The Morgan fingerprint density at radius 1 is 1.26 bits per heavy atom. The molecule has 108 valence electrons. The molecule has 6 nitrogen and oxygen atoms in total. The fourth-order valence-corrected chi connectivity index (χ4v) is 2.32. The predicted octanol–water partition coefficient (Wildman–Crippen LogP) is 1.19. The number of carboxylic acids is 1. The van der Waals surface area contributed by atoms with Crippen LogP contribution in [0.25, 0.3) is 0 Å². The highest BCUT2D eigenvalue weighted by Crippen LogP contribution is 2.29. The molecule has 1 saturated heterocycles. The van der Waals surface area contributed by atoms with Crippen molar-refractivity contribution in [3.63, 3.8) is 0 Å². The van der Waals surface area contributed by atoms with E-state index in [1.54, 1.807) is 13.8 Å². The molecule has 6 heteroatoms. The molecule has 0 saturated carbocycles. The highest BCUT2D eigenvalue weighted by Gasteiger charge is 2.43. The molecule has 19 heavy (non-hydrogen) atoms. The van der Waals surface area contributed by atoms with Crippen molar-refractivity contribution in [2.75, 3.05) is 13.2 Å². The number of hydrogen-bond donors (Lipinski definition) is 1. The summed E-state index contributed by atoms with van der Waals surface area (Å²) < 4.78 is 4.75. The smallest absolute Gasteiger partial charge is 0.329 e. The minimum atomic E-state index is -1.15. The molecular formula is C13H21NO5. The van der Waals surface area contributed by atoms with Crippen LogP contribution >= 0.6 is 0 Å². The summed E-state index contributed by atoms with van der Waals surface area (Å²) in [6.45, 7) is 3.98. The first kappa shape index (κ1) is 15.5. The number of likely N-dealkylation sites (tertiary alicyclic amines) is 1. The Hall–Kier alpha value is -1.59. The van der Waals surface area contributed by atoms with E-state index in [0.29, 0.717) is 13.0 Å². The first-order valence-corrected chi connectivity index (χ1v) is 6.61. The van der Waals surface area contributed by atoms with Gasteiger partial charge in [-0.1, -0.05) is 0 Å². The molecule has 1 fully saturated rings. The lowest BCUT2D eigenvalue weighted by Crippen LogP contribution is -2.57. The highest BCUT2D eigenvalue weighted by molar-refractivity contribution is 5.88. The van der Waals surface area contributed by atoms with Crippen molar-refractivity contribution in [2.45, 2.75) is 51.5 Å². The maximum atomic E-state index is 12.1. The van der Waals surface area contributed by atoms with Crippen molar-refractivity contribution in [3.05, 3.63) is 0 Å². The van der Waals surface area contributed by atoms with Crippen molar-refractivity contribution >= 4 is 17.8 Å². The highest BCUT2D eigenvalue weighted by atomic mass is 16.5. The molecule has 1 amide bonds. The number of amides is 1. The maximum absolute atomic E-state index is 12.1. The Balaban J connectivity index is 2.63. The van der Waals surface area contributed by atoms with Gasteiger partial charge in [-0.15, -0.1) is 0 Å². The van der Waals surface area contributed by atoms with E-state index in [1.807, 2.05) is 0 Å². The normalized spacial score (nSPS) is 22.9. The summed E-state index contributed by atoms with van der Waals surface area (Å²) in [4.78, 5) is 36.0. The summed E-state index contributed by atoms with van der Waals surface area (Å²) >= 11 is 0. The van der Waals surface area contributed by atoms with Crippen LogP contribution in [0.3, 0.4) is 0 Å². The predicted molar refractivity (Wildman–Crippen MR) is 67.5 cm³/mol. The van der Waals surface area contributed by atoms with E-state index in [-0.39, 0.29) is 25.4 Å². The Kier molecular flexibility index (Phi) is 5.32. The SMILES string of the molecule is CCOC(=O)CCC(=O)N1CCCCC1(C)C(=O)O. The fourth-order valence-electron chi connectivity index (χ4n) is 2.32. The molecule has 0 aromatic rings. The van der Waals surface area contributed by atoms with Gasteiger partial charge in [0.15, 0.2) is 0 Å². The number of piperidine rings is 1. The van der Waals surface area contributed by atoms with Crippen molar-refractivity contribution < 1.29 is 24.2 Å². The minimum Gasteiger partial charge on any atom is -0.480 e. The zero-order valence-electron chi connectivity index (χ0n) is 11.5. The van der Waals surface area contributed by atoms with Gasteiger partial charge < -0.3 is 14.7 Å². The van der Waals surface area contributed by atoms with Crippen LogP contribution in [0, 0.1) is 0 Å². The van der Waals surface area contributed by atoms with Crippen LogP contribution in [0.2, 0.25) is 0 Å². The van der Waals surface area contributed by atoms with E-state index in [4.69, 9.17) is 4.74 Å². The summed E-state index contributed by atoms with van der Waals surface area (Å²) in [5.41, 5.74) is -1.15. The third-order valence-electron chi connectivity index (χ3n) is 3.50. The number of carbonyl (C=O) groups is 3. The van der Waals surface area contributed by atoms with Gasteiger partial charge in [0.1, 0.15) is 5.54 Å². The first-order valence-electron chi connectivity index (χ1n) is 6.61. The molecule has 0 spiro atoms. The molecule has 0 aromatic heterocycles. The number of ether oxygens (including phenoxy) is 1. The zero-order valence-corrected chi connectivity index (χ0v) is 11.5. The maximum Gasteiger partial charge on any atom is 0.329 e. The van der Waals surface area contributed by atoms with E-state index in [2.05, 4.69) is 0 Å². The van der Waals surface area contributed by atoms with Crippen LogP contribution in [0.4, 0.5) is 0 Å². The fraction of sp³-hybridized carbons (Fsp3) is 0.769. The van der Waals surface area contributed by atoms with Crippen LogP contribution in [0.15, 0.2) is 0 Å². The summed E-state index contributed by atoms with van der Waals surface area (Å²) in [5.74, 6) is -1.71. The van der Waals surface area contributed by atoms with E-state index < -0.39 is 17.5 Å². The monoisotopic (exact) mass is 271 g/mol. The topological polar surface area (TPSA) is 83.9 Å². The average Bonchev–Trinajstić information content (AvgIpc) is 2.36. The molecule has 1 heterocycles. The second kappa shape index (κ2) is 6.54. The van der Waals surface area contributed by atoms with Crippen LogP contribution in [0.5, 0.6) is 0 Å². The van der Waals surface area contributed by atoms with Gasteiger partial charge in [-0.25, -0.2) is 4.79 Å². The molecule has 1 rings (SSSR count). The van der Waals surface area contributed by atoms with E-state index in [0.717, 1.165) is 12.8 Å². The summed E-state index contributed by atoms with van der Waals surface area (Å²) in [6.07, 6.45) is 2.05. The van der Waals surface area contributed by atoms with Crippen molar-refractivity contribution in [1.82, 2.24) is 4.90 Å². The molecule has 0 aromatic carbocycles. The molecule has 1 unspecified atom stereocenters. The van der Waals surface area contributed by atoms with E-state index in [1.165, 1.54) is 4.90 Å². The first-order chi connectivity index (χ1) is 8.91. The van der Waals surface area contributed by atoms with Crippen molar-refractivity contribution in [1.29, 1.82) is 0 Å². The molecular weight excluding hydrogens is 250 g/mol. The van der Waals surface area contributed by atoms with Crippen LogP contribution in [-0.4, -0.2) is 46.5 Å². The lowest BCUT2D eigenvalue weighted by Gasteiger charge is -2.41. The quantitative estimate of drug-likeness (QED) is 0.759. The van der Waals surface area contributed by atoms with Crippen LogP contribution < -0.4 is 0 Å². The number of carbonyl (C=O) groups excluding carboxylic acids is 2. The molecule has 1 aliphatic rings. The average molecular weight is 271 g/mol. The molecule has 0 bridgehead atoms. The number of hydrogen-bond acceptors (Lipinski definition) is 4. The second-order valence-corrected chi connectivity index (χ2v) is 4.89. The Labute approximate surface area is 112 Å². The number of esters is 1. The molecule has 1 aliphatic heterocycles. The Morgan fingerprint density at radius 2 is 1.95 bits per heavy atom. The summed E-state index contributed by atoms with van der Waals surface area (Å²) in [7, 11) is 0. The van der Waals surface area contributed by atoms with Gasteiger partial charge in [-0.05, 0) is 33.1 Å². The molecule has 0 radical (unpaired) electrons. The number of carboxylic acid groups (broad SMARTS) is 1. The lowest BCUT2D eigenvalue weighted by atomic mass is 9.88. The van der Waals surface area contributed by atoms with Gasteiger partial charge in [-0.2, -0.15) is 0 Å². The lowest BCUT2D eigenvalue weighted by molar-refractivity contribution is -0.161. The largest absolute Gasteiger partial charge is 0.480 e. The number of rotatable bonds is 5. The van der Waals surface area contributed by atoms with E-state index >= 15 is 0 Å². The third-order valence-corrected chi connectivity index (χ3v) is 3.50. The number of nitrogens with zero attached hydrogens (tertiary/aromatic N) is 1. The van der Waals surface area contributed by atoms with Gasteiger partial charge in [-0.3, -0.25) is 9.59 Å². The van der Waals surface area contributed by atoms with Gasteiger partial charge in [0.25, 0.3) is 0 Å². The minimum absolute atomic E-state index is 0.00112. The van der Waals surface area contributed by atoms with Crippen LogP contribution in [-0.2, 0) is 19.1 Å². The summed E-state index contributed by atoms with van der Waals surface area (Å²) in [5, 5.41) is 9.29. The number of aliphatic carboxylic acids is 1. The van der Waals surface area contributed by atoms with Crippen LogP contribution in [0.1, 0.15) is 46.0 Å². The molecule has 1 atom stereocenters. The Bertz CT molecular complexity index is 368. The molecule has 0 aliphatic carbocycles. The second-order valence-electron chi connectivity index (χ2n) is 4.89. The molecule has 1 N–H and O–H groups in total. The summed E-state index contributed by atoms with van der Waals surface area (Å²) in [6, 6.07) is 0. The Morgan fingerprint density at radius 3 is 2.53 bits per heavy atom. The zero-order chi connectivity index (χ0) is 14.5. The van der Waals surface area contributed by atoms with Gasteiger partial charge in [0.05, 0.1) is 13.0 Å². The third kappa shape index (κ3) is 3.68.